The SMILES string of the molecule is NCCC(=O)O.NCCC(=O)O.O=C(O)C(O)C(O)C(=O)O. The van der Waals surface area contributed by atoms with Gasteiger partial charge in [0.25, 0.3) is 0 Å². The topological polar surface area (TPSA) is 242 Å². The van der Waals surface area contributed by atoms with E-state index >= 15 is 0 Å². The van der Waals surface area contributed by atoms with Crippen LogP contribution in [-0.4, -0.2) is 79.8 Å². The van der Waals surface area contributed by atoms with Crippen molar-refractivity contribution in [3.8, 4) is 0 Å². The van der Waals surface area contributed by atoms with Crippen molar-refractivity contribution in [2.24, 2.45) is 11.5 Å². The summed E-state index contributed by atoms with van der Waals surface area (Å²) >= 11 is 0. The second kappa shape index (κ2) is 15.1. The van der Waals surface area contributed by atoms with Crippen LogP contribution in [0.3, 0.4) is 0 Å². The molecule has 130 valence electrons. The molecule has 2 unspecified atom stereocenters. The second-order valence-electron chi connectivity index (χ2n) is 3.43. The zero-order valence-electron chi connectivity index (χ0n) is 11.5. The van der Waals surface area contributed by atoms with Crippen molar-refractivity contribution < 1.29 is 49.8 Å². The number of hydrogen-bond acceptors (Lipinski definition) is 8. The highest BCUT2D eigenvalue weighted by molar-refractivity contribution is 5.83. The van der Waals surface area contributed by atoms with E-state index in [2.05, 4.69) is 0 Å². The maximum absolute atomic E-state index is 9.77. The van der Waals surface area contributed by atoms with Crippen molar-refractivity contribution in [1.29, 1.82) is 0 Å². The molecular weight excluding hydrogens is 308 g/mol. The lowest BCUT2D eigenvalue weighted by molar-refractivity contribution is -0.165. The Labute approximate surface area is 124 Å². The van der Waals surface area contributed by atoms with E-state index in [9.17, 15) is 19.2 Å². The minimum Gasteiger partial charge on any atom is -0.481 e. The molecule has 0 radical (unpaired) electrons. The second-order valence-corrected chi connectivity index (χ2v) is 3.43. The molecule has 12 nitrogen and oxygen atoms in total. The van der Waals surface area contributed by atoms with E-state index in [0.717, 1.165) is 0 Å². The van der Waals surface area contributed by atoms with Gasteiger partial charge in [-0.2, -0.15) is 0 Å². The predicted molar refractivity (Wildman–Crippen MR) is 69.9 cm³/mol. The molecule has 0 aromatic rings. The monoisotopic (exact) mass is 328 g/mol. The highest BCUT2D eigenvalue weighted by atomic mass is 16.4. The number of carboxylic acids is 4. The van der Waals surface area contributed by atoms with Crippen LogP contribution in [0.1, 0.15) is 12.8 Å². The first-order valence-corrected chi connectivity index (χ1v) is 5.66. The van der Waals surface area contributed by atoms with Gasteiger partial charge in [0.1, 0.15) is 0 Å². The van der Waals surface area contributed by atoms with E-state index in [1.807, 2.05) is 0 Å². The normalized spacial score (nSPS) is 11.6. The maximum Gasteiger partial charge on any atom is 0.335 e. The molecule has 2 atom stereocenters. The van der Waals surface area contributed by atoms with Crippen molar-refractivity contribution in [2.45, 2.75) is 25.0 Å². The number of carbonyl (C=O) groups is 4. The molecule has 0 aliphatic heterocycles. The Hall–Kier alpha value is -2.28. The number of rotatable bonds is 7. The summed E-state index contributed by atoms with van der Waals surface area (Å²) in [5.74, 6) is -5.21. The van der Waals surface area contributed by atoms with E-state index < -0.39 is 36.1 Å². The Morgan fingerprint density at radius 1 is 0.682 bits per heavy atom. The first-order chi connectivity index (χ1) is 10.0. The lowest BCUT2D eigenvalue weighted by Gasteiger charge is -2.07. The van der Waals surface area contributed by atoms with Gasteiger partial charge in [-0.3, -0.25) is 9.59 Å². The Kier molecular flexibility index (Phi) is 17.0. The Bertz CT molecular complexity index is 326. The van der Waals surface area contributed by atoms with Crippen molar-refractivity contribution in [2.75, 3.05) is 13.1 Å². The molecule has 12 heteroatoms. The van der Waals surface area contributed by atoms with Gasteiger partial charge in [0.15, 0.2) is 12.2 Å². The van der Waals surface area contributed by atoms with Gasteiger partial charge in [0.05, 0.1) is 12.8 Å². The van der Waals surface area contributed by atoms with Crippen LogP contribution in [-0.2, 0) is 19.2 Å². The lowest BCUT2D eigenvalue weighted by atomic mass is 10.2. The third-order valence-corrected chi connectivity index (χ3v) is 1.52. The molecule has 0 aliphatic carbocycles. The highest BCUT2D eigenvalue weighted by Gasteiger charge is 2.29. The average Bonchev–Trinajstić information content (AvgIpc) is 2.37. The fourth-order valence-corrected chi connectivity index (χ4v) is 0.517. The molecule has 0 saturated heterocycles. The number of aliphatic hydroxyl groups excluding tert-OH is 2. The molecule has 22 heavy (non-hydrogen) atoms. The van der Waals surface area contributed by atoms with Crippen LogP contribution in [0.15, 0.2) is 0 Å². The van der Waals surface area contributed by atoms with Crippen LogP contribution >= 0.6 is 0 Å². The molecule has 0 fully saturated rings. The standard InChI is InChI=1S/C4H6O6.2C3H7NO2/c5-1(3(7)8)2(6)4(9)10;2*4-2-1-3(5)6/h1-2,5-6H,(H,7,8)(H,9,10);2*1-2,4H2,(H,5,6). The number of nitrogens with two attached hydrogens (primary N) is 2. The lowest BCUT2D eigenvalue weighted by Crippen LogP contribution is -2.39. The van der Waals surface area contributed by atoms with Crippen LogP contribution in [0.2, 0.25) is 0 Å². The van der Waals surface area contributed by atoms with Gasteiger partial charge in [-0.15, -0.1) is 0 Å². The maximum atomic E-state index is 9.77. The summed E-state index contributed by atoms with van der Waals surface area (Å²) in [6, 6.07) is 0. The fourth-order valence-electron chi connectivity index (χ4n) is 0.517. The van der Waals surface area contributed by atoms with Crippen molar-refractivity contribution in [3.05, 3.63) is 0 Å². The number of aliphatic hydroxyl groups is 2. The van der Waals surface area contributed by atoms with E-state index in [1.54, 1.807) is 0 Å². The minimum atomic E-state index is -2.27. The van der Waals surface area contributed by atoms with E-state index in [0.29, 0.717) is 0 Å². The van der Waals surface area contributed by atoms with Gasteiger partial charge in [-0.25, -0.2) is 9.59 Å². The molecule has 0 spiro atoms. The number of carboxylic acid groups (broad SMARTS) is 4. The molecule has 0 rings (SSSR count). The van der Waals surface area contributed by atoms with Crippen LogP contribution in [0, 0.1) is 0 Å². The Morgan fingerprint density at radius 2 is 0.909 bits per heavy atom. The molecule has 10 N–H and O–H groups in total. The van der Waals surface area contributed by atoms with Crippen molar-refractivity contribution in [1.82, 2.24) is 0 Å². The van der Waals surface area contributed by atoms with Gasteiger partial charge >= 0.3 is 23.9 Å². The minimum absolute atomic E-state index is 0.0694. The van der Waals surface area contributed by atoms with E-state index in [4.69, 9.17) is 42.1 Å². The summed E-state index contributed by atoms with van der Waals surface area (Å²) < 4.78 is 0. The quantitative estimate of drug-likeness (QED) is 0.229. The van der Waals surface area contributed by atoms with Crippen LogP contribution in [0.5, 0.6) is 0 Å². The summed E-state index contributed by atoms with van der Waals surface area (Å²) in [6.07, 6.45) is -4.39. The summed E-state index contributed by atoms with van der Waals surface area (Å²) in [4.78, 5) is 38.6. The molecule has 0 bridgehead atoms. The molecule has 0 amide bonds. The largest absolute Gasteiger partial charge is 0.481 e. The molecule has 0 heterocycles. The van der Waals surface area contributed by atoms with Crippen LogP contribution < -0.4 is 11.5 Å². The Balaban J connectivity index is -0.000000261. The van der Waals surface area contributed by atoms with Crippen LogP contribution in [0.4, 0.5) is 0 Å². The zero-order chi connectivity index (χ0) is 18.3. The molecule has 0 saturated carbocycles. The zero-order valence-corrected chi connectivity index (χ0v) is 11.5. The Morgan fingerprint density at radius 3 is 0.955 bits per heavy atom. The fraction of sp³-hybridized carbons (Fsp3) is 0.600. The molecule has 0 aromatic carbocycles. The smallest absolute Gasteiger partial charge is 0.335 e. The summed E-state index contributed by atoms with van der Waals surface area (Å²) in [7, 11) is 0. The summed E-state index contributed by atoms with van der Waals surface area (Å²) in [5.41, 5.74) is 9.70. The number of aliphatic carboxylic acids is 4. The average molecular weight is 328 g/mol. The van der Waals surface area contributed by atoms with Gasteiger partial charge in [0.2, 0.25) is 0 Å². The summed E-state index contributed by atoms with van der Waals surface area (Å²) in [6.45, 7) is 0.463. The van der Waals surface area contributed by atoms with Gasteiger partial charge in [-0.1, -0.05) is 0 Å². The first-order valence-electron chi connectivity index (χ1n) is 5.66. The van der Waals surface area contributed by atoms with Gasteiger partial charge in [-0.05, 0) is 0 Å². The first kappa shape index (κ1) is 24.7. The number of hydrogen-bond donors (Lipinski definition) is 8. The predicted octanol–water partition coefficient (Wildman–Crippen LogP) is -3.28. The van der Waals surface area contributed by atoms with Gasteiger partial charge in [0, 0.05) is 13.1 Å². The third kappa shape index (κ3) is 20.0. The van der Waals surface area contributed by atoms with E-state index in [1.165, 1.54) is 0 Å². The van der Waals surface area contributed by atoms with Crippen molar-refractivity contribution >= 4 is 23.9 Å². The van der Waals surface area contributed by atoms with E-state index in [-0.39, 0.29) is 25.9 Å². The molecular formula is C10H20N2O10. The van der Waals surface area contributed by atoms with Crippen LogP contribution in [0.25, 0.3) is 0 Å². The van der Waals surface area contributed by atoms with Gasteiger partial charge < -0.3 is 42.1 Å². The highest BCUT2D eigenvalue weighted by Crippen LogP contribution is 1.92. The molecule has 0 aromatic heterocycles. The molecule has 0 aliphatic rings. The van der Waals surface area contributed by atoms with Crippen molar-refractivity contribution in [3.63, 3.8) is 0 Å². The third-order valence-electron chi connectivity index (χ3n) is 1.52. The summed E-state index contributed by atoms with van der Waals surface area (Å²) in [5, 5.41) is 48.2.